The van der Waals surface area contributed by atoms with Crippen LogP contribution in [0.5, 0.6) is 0 Å². The summed E-state index contributed by atoms with van der Waals surface area (Å²) in [7, 11) is 0. The number of nitrogens with one attached hydrogen (secondary N) is 2. The van der Waals surface area contributed by atoms with Crippen LogP contribution in [0.15, 0.2) is 30.9 Å². The number of nitrogens with zero attached hydrogens (tertiary/aromatic N) is 1. The highest BCUT2D eigenvalue weighted by Gasteiger charge is 2.37. The van der Waals surface area contributed by atoms with E-state index in [1.165, 1.54) is 4.90 Å². The van der Waals surface area contributed by atoms with Crippen LogP contribution in [0.4, 0.5) is 4.79 Å². The predicted octanol–water partition coefficient (Wildman–Crippen LogP) is 4.37. The van der Waals surface area contributed by atoms with E-state index in [1.807, 2.05) is 39.8 Å². The molecule has 0 heterocycles. The molecule has 0 aliphatic carbocycles. The maximum absolute atomic E-state index is 14.0. The molecule has 3 atom stereocenters. The van der Waals surface area contributed by atoms with Crippen LogP contribution < -0.4 is 10.6 Å². The lowest BCUT2D eigenvalue weighted by atomic mass is 9.94. The summed E-state index contributed by atoms with van der Waals surface area (Å²) >= 11 is 0. The Labute approximate surface area is 227 Å². The van der Waals surface area contributed by atoms with Crippen molar-refractivity contribution in [3.8, 4) is 0 Å². The lowest BCUT2D eigenvalue weighted by molar-refractivity contribution is -0.144. The summed E-state index contributed by atoms with van der Waals surface area (Å²) in [5.41, 5.74) is 1.87. The monoisotopic (exact) mass is 531 g/mol. The molecule has 0 bridgehead atoms. The van der Waals surface area contributed by atoms with E-state index in [9.17, 15) is 19.2 Å². The molecular weight excluding hydrogens is 486 g/mol. The van der Waals surface area contributed by atoms with E-state index in [1.54, 1.807) is 39.8 Å². The van der Waals surface area contributed by atoms with E-state index in [2.05, 4.69) is 17.2 Å². The highest BCUT2D eigenvalue weighted by molar-refractivity contribution is 5.92. The minimum atomic E-state index is -1.02. The van der Waals surface area contributed by atoms with Crippen molar-refractivity contribution in [2.45, 2.75) is 85.9 Å². The van der Waals surface area contributed by atoms with E-state index < -0.39 is 41.6 Å². The van der Waals surface area contributed by atoms with E-state index in [4.69, 9.17) is 9.47 Å². The van der Waals surface area contributed by atoms with Crippen molar-refractivity contribution in [2.24, 2.45) is 5.92 Å². The molecule has 3 unspecified atom stereocenters. The molecular formula is C29H45N3O6. The van der Waals surface area contributed by atoms with Crippen molar-refractivity contribution < 1.29 is 28.7 Å². The molecule has 0 saturated carbocycles. The van der Waals surface area contributed by atoms with Crippen molar-refractivity contribution in [3.05, 3.63) is 47.5 Å². The Kier molecular flexibility index (Phi) is 13.0. The van der Waals surface area contributed by atoms with Crippen molar-refractivity contribution in [2.75, 3.05) is 19.7 Å². The van der Waals surface area contributed by atoms with Crippen molar-refractivity contribution in [1.82, 2.24) is 15.5 Å². The first-order valence-electron chi connectivity index (χ1n) is 13.2. The number of ether oxygens (including phenoxy) is 2. The largest absolute Gasteiger partial charge is 0.466 e. The molecule has 0 saturated heterocycles. The van der Waals surface area contributed by atoms with Gasteiger partial charge in [0, 0.05) is 13.1 Å². The van der Waals surface area contributed by atoms with Gasteiger partial charge in [-0.2, -0.15) is 0 Å². The van der Waals surface area contributed by atoms with E-state index >= 15 is 0 Å². The second-order valence-electron chi connectivity index (χ2n) is 10.4. The first-order valence-corrected chi connectivity index (χ1v) is 13.2. The first kappa shape index (κ1) is 32.7. The van der Waals surface area contributed by atoms with Gasteiger partial charge in [0.25, 0.3) is 0 Å². The first-order chi connectivity index (χ1) is 17.7. The SMILES string of the molecule is C=CCN(C(=O)C(NC(=O)OC(C)(C)C)C(C)CC)C(C(=O)NCCC(=O)OCC)c1ccc(C)c(C)c1. The smallest absolute Gasteiger partial charge is 0.408 e. The van der Waals surface area contributed by atoms with Crippen LogP contribution in [0.3, 0.4) is 0 Å². The van der Waals surface area contributed by atoms with Gasteiger partial charge in [-0.05, 0) is 64.2 Å². The van der Waals surface area contributed by atoms with Gasteiger partial charge in [0.1, 0.15) is 17.7 Å². The molecule has 1 aromatic carbocycles. The molecule has 1 aromatic rings. The fraction of sp³-hybridized carbons (Fsp3) is 0.586. The van der Waals surface area contributed by atoms with Crippen LogP contribution >= 0.6 is 0 Å². The summed E-state index contributed by atoms with van der Waals surface area (Å²) in [4.78, 5) is 53.4. The molecule has 2 N–H and O–H groups in total. The number of carbonyl (C=O) groups is 4. The summed E-state index contributed by atoms with van der Waals surface area (Å²) in [5.74, 6) is -1.55. The Morgan fingerprint density at radius 2 is 1.76 bits per heavy atom. The van der Waals surface area contributed by atoms with Crippen molar-refractivity contribution in [3.63, 3.8) is 0 Å². The van der Waals surface area contributed by atoms with Crippen molar-refractivity contribution >= 4 is 23.9 Å². The number of esters is 1. The maximum atomic E-state index is 14.0. The van der Waals surface area contributed by atoms with Crippen LogP contribution in [0.1, 0.15) is 77.1 Å². The summed E-state index contributed by atoms with van der Waals surface area (Å²) in [6.07, 6.45) is 1.44. The van der Waals surface area contributed by atoms with Gasteiger partial charge in [-0.15, -0.1) is 6.58 Å². The van der Waals surface area contributed by atoms with E-state index in [0.717, 1.165) is 11.1 Å². The quantitative estimate of drug-likeness (QED) is 0.289. The average Bonchev–Trinajstić information content (AvgIpc) is 2.82. The molecule has 9 nitrogen and oxygen atoms in total. The number of alkyl carbamates (subject to hydrolysis) is 1. The van der Waals surface area contributed by atoms with Gasteiger partial charge >= 0.3 is 12.1 Å². The fourth-order valence-corrected chi connectivity index (χ4v) is 3.78. The number of hydrogen-bond donors (Lipinski definition) is 2. The van der Waals surface area contributed by atoms with Crippen molar-refractivity contribution in [1.29, 1.82) is 0 Å². The Hall–Kier alpha value is -3.36. The maximum Gasteiger partial charge on any atom is 0.408 e. The molecule has 1 rings (SSSR count). The zero-order valence-electron chi connectivity index (χ0n) is 24.2. The third-order valence-electron chi connectivity index (χ3n) is 6.10. The minimum Gasteiger partial charge on any atom is -0.466 e. The Morgan fingerprint density at radius 1 is 1.11 bits per heavy atom. The molecule has 3 amide bonds. The number of rotatable bonds is 13. The third kappa shape index (κ3) is 10.2. The Bertz CT molecular complexity index is 985. The summed E-state index contributed by atoms with van der Waals surface area (Å²) in [6.45, 7) is 18.8. The van der Waals surface area contributed by atoms with Gasteiger partial charge in [0.2, 0.25) is 11.8 Å². The summed E-state index contributed by atoms with van der Waals surface area (Å²) in [5, 5.41) is 5.49. The van der Waals surface area contributed by atoms with Crippen LogP contribution in [0, 0.1) is 19.8 Å². The van der Waals surface area contributed by atoms with Gasteiger partial charge in [-0.3, -0.25) is 14.4 Å². The van der Waals surface area contributed by atoms with E-state index in [-0.39, 0.29) is 32.0 Å². The highest BCUT2D eigenvalue weighted by Crippen LogP contribution is 2.26. The molecule has 0 spiro atoms. The molecule has 212 valence electrons. The standard InChI is InChI=1S/C29H45N3O6/c1-10-17-32(27(35)24(19(4)11-2)31-28(36)38-29(7,8)9)25(22-14-13-20(5)21(6)18-22)26(34)30-16-15-23(33)37-12-3/h10,13-14,18-19,24-25H,1,11-12,15-17H2,2-9H3,(H,30,34)(H,31,36). The van der Waals surface area contributed by atoms with Crippen LogP contribution in [-0.2, 0) is 23.9 Å². The zero-order chi connectivity index (χ0) is 29.0. The fourth-order valence-electron chi connectivity index (χ4n) is 3.78. The predicted molar refractivity (Wildman–Crippen MR) is 147 cm³/mol. The van der Waals surface area contributed by atoms with Crippen LogP contribution in [0.25, 0.3) is 0 Å². The topological polar surface area (TPSA) is 114 Å². The molecule has 9 heteroatoms. The van der Waals surface area contributed by atoms with Gasteiger partial charge in [-0.25, -0.2) is 4.79 Å². The molecule has 0 radical (unpaired) electrons. The van der Waals surface area contributed by atoms with E-state index in [0.29, 0.717) is 12.0 Å². The van der Waals surface area contributed by atoms with Crippen LogP contribution in [-0.4, -0.2) is 60.1 Å². The molecule has 0 fully saturated rings. The zero-order valence-corrected chi connectivity index (χ0v) is 24.2. The lowest BCUT2D eigenvalue weighted by Crippen LogP contribution is -2.55. The number of aryl methyl sites for hydroxylation is 2. The molecule has 0 aliphatic heterocycles. The van der Waals surface area contributed by atoms with Gasteiger partial charge in [-0.1, -0.05) is 44.5 Å². The number of amides is 3. The third-order valence-corrected chi connectivity index (χ3v) is 6.10. The molecule has 0 aromatic heterocycles. The number of carbonyl (C=O) groups excluding carboxylic acids is 4. The van der Waals surface area contributed by atoms with Gasteiger partial charge < -0.3 is 25.0 Å². The van der Waals surface area contributed by atoms with Gasteiger partial charge in [0.15, 0.2) is 0 Å². The number of benzene rings is 1. The van der Waals surface area contributed by atoms with Crippen LogP contribution in [0.2, 0.25) is 0 Å². The Morgan fingerprint density at radius 3 is 2.29 bits per heavy atom. The lowest BCUT2D eigenvalue weighted by Gasteiger charge is -2.35. The van der Waals surface area contributed by atoms with Gasteiger partial charge in [0.05, 0.1) is 13.0 Å². The normalized spacial score (nSPS) is 13.5. The molecule has 0 aliphatic rings. The Balaban J connectivity index is 3.44. The second kappa shape index (κ2) is 15.1. The minimum absolute atomic E-state index is 0.00429. The summed E-state index contributed by atoms with van der Waals surface area (Å²) in [6, 6.07) is 3.62. The average molecular weight is 532 g/mol. The summed E-state index contributed by atoms with van der Waals surface area (Å²) < 4.78 is 10.3. The second-order valence-corrected chi connectivity index (χ2v) is 10.4. The highest BCUT2D eigenvalue weighted by atomic mass is 16.6. The molecule has 38 heavy (non-hydrogen) atoms. The number of hydrogen-bond acceptors (Lipinski definition) is 6.